The Bertz CT molecular complexity index is 356. The maximum Gasteiger partial charge on any atom is 0.133 e. The van der Waals surface area contributed by atoms with Crippen LogP contribution in [0.4, 0.5) is 0 Å². The van der Waals surface area contributed by atoms with Gasteiger partial charge in [-0.1, -0.05) is 24.4 Å². The Morgan fingerprint density at radius 3 is 2.72 bits per heavy atom. The van der Waals surface area contributed by atoms with Gasteiger partial charge in [0.15, 0.2) is 0 Å². The largest absolute Gasteiger partial charge is 0.392 e. The van der Waals surface area contributed by atoms with Crippen LogP contribution in [0.5, 0.6) is 0 Å². The fourth-order valence-corrected chi connectivity index (χ4v) is 2.83. The van der Waals surface area contributed by atoms with Crippen LogP contribution in [0.15, 0.2) is 10.6 Å². The Morgan fingerprint density at radius 2 is 2.17 bits per heavy atom. The van der Waals surface area contributed by atoms with Crippen molar-refractivity contribution in [1.29, 1.82) is 0 Å². The number of hydrogen-bond donors (Lipinski definition) is 1. The number of hydrogen-bond acceptors (Lipinski definition) is 4. The topological polar surface area (TPSA) is 49.5 Å². The summed E-state index contributed by atoms with van der Waals surface area (Å²) >= 11 is 0. The maximum atomic E-state index is 9.65. The molecule has 1 saturated carbocycles. The highest BCUT2D eigenvalue weighted by molar-refractivity contribution is 5.03. The van der Waals surface area contributed by atoms with Crippen molar-refractivity contribution in [2.24, 2.45) is 0 Å². The first-order valence-electron chi connectivity index (χ1n) is 6.99. The second-order valence-corrected chi connectivity index (χ2v) is 5.50. The molecule has 1 N–H and O–H groups in total. The molecule has 1 aromatic heterocycles. The van der Waals surface area contributed by atoms with E-state index in [9.17, 15) is 5.11 Å². The predicted octanol–water partition coefficient (Wildman–Crippen LogP) is 2.50. The number of aliphatic hydroxyl groups excluding tert-OH is 1. The first-order valence-corrected chi connectivity index (χ1v) is 6.99. The molecule has 0 amide bonds. The van der Waals surface area contributed by atoms with E-state index < -0.39 is 0 Å². The second-order valence-electron chi connectivity index (χ2n) is 5.50. The molecule has 2 rings (SSSR count). The average Bonchev–Trinajstić information content (AvgIpc) is 2.75. The van der Waals surface area contributed by atoms with Gasteiger partial charge in [-0.25, -0.2) is 0 Å². The van der Waals surface area contributed by atoms with Gasteiger partial charge in [-0.05, 0) is 26.7 Å². The van der Waals surface area contributed by atoms with Crippen LogP contribution in [0, 0.1) is 6.92 Å². The highest BCUT2D eigenvalue weighted by Gasteiger charge is 2.23. The predicted molar refractivity (Wildman–Crippen MR) is 70.2 cm³/mol. The molecule has 1 aliphatic carbocycles. The lowest BCUT2D eigenvalue weighted by atomic mass is 9.94. The van der Waals surface area contributed by atoms with Crippen LogP contribution in [-0.2, 0) is 6.54 Å². The van der Waals surface area contributed by atoms with Crippen molar-refractivity contribution < 1.29 is 9.63 Å². The summed E-state index contributed by atoms with van der Waals surface area (Å²) in [5, 5.41) is 13.7. The van der Waals surface area contributed by atoms with Crippen molar-refractivity contribution in [3.63, 3.8) is 0 Å². The monoisotopic (exact) mass is 252 g/mol. The summed E-state index contributed by atoms with van der Waals surface area (Å²) in [4.78, 5) is 2.36. The molecule has 1 heterocycles. The normalized spacial score (nSPS) is 19.3. The molecule has 0 saturated heterocycles. The zero-order valence-corrected chi connectivity index (χ0v) is 11.4. The van der Waals surface area contributed by atoms with Crippen molar-refractivity contribution in [3.8, 4) is 0 Å². The van der Waals surface area contributed by atoms with Crippen molar-refractivity contribution in [2.45, 2.75) is 64.6 Å². The van der Waals surface area contributed by atoms with Crippen LogP contribution >= 0.6 is 0 Å². The summed E-state index contributed by atoms with van der Waals surface area (Å²) in [7, 11) is 0. The van der Waals surface area contributed by atoms with Crippen molar-refractivity contribution in [1.82, 2.24) is 10.1 Å². The summed E-state index contributed by atoms with van der Waals surface area (Å²) < 4.78 is 5.12. The van der Waals surface area contributed by atoms with E-state index in [-0.39, 0.29) is 6.10 Å². The van der Waals surface area contributed by atoms with Crippen LogP contribution in [-0.4, -0.2) is 33.9 Å². The molecule has 0 radical (unpaired) electrons. The number of aliphatic hydroxyl groups is 1. The summed E-state index contributed by atoms with van der Waals surface area (Å²) in [5.41, 5.74) is 0.971. The summed E-state index contributed by atoms with van der Waals surface area (Å²) in [6, 6.07) is 2.57. The van der Waals surface area contributed by atoms with Gasteiger partial charge < -0.3 is 9.63 Å². The van der Waals surface area contributed by atoms with E-state index in [1.54, 1.807) is 0 Å². The molecule has 0 aliphatic heterocycles. The van der Waals surface area contributed by atoms with Gasteiger partial charge in [0.1, 0.15) is 5.76 Å². The fourth-order valence-electron chi connectivity index (χ4n) is 2.83. The maximum absolute atomic E-state index is 9.65. The van der Waals surface area contributed by atoms with Crippen molar-refractivity contribution in [2.75, 3.05) is 6.54 Å². The molecule has 4 heteroatoms. The summed E-state index contributed by atoms with van der Waals surface area (Å²) in [5.74, 6) is 0.852. The van der Waals surface area contributed by atoms with Gasteiger partial charge in [0.2, 0.25) is 0 Å². The standard InChI is InChI=1S/C14H24N2O2/c1-11(17)9-16(14-6-4-3-5-7-14)10-13-8-12(2)18-15-13/h8,11,14,17H,3-7,9-10H2,1-2H3. The molecule has 1 unspecified atom stereocenters. The number of aromatic nitrogens is 1. The van der Waals surface area contributed by atoms with Gasteiger partial charge in [0.25, 0.3) is 0 Å². The van der Waals surface area contributed by atoms with Crippen LogP contribution in [0.3, 0.4) is 0 Å². The van der Waals surface area contributed by atoms with Crippen LogP contribution < -0.4 is 0 Å². The smallest absolute Gasteiger partial charge is 0.133 e. The highest BCUT2D eigenvalue weighted by atomic mass is 16.5. The lowest BCUT2D eigenvalue weighted by Crippen LogP contribution is -2.40. The van der Waals surface area contributed by atoms with Crippen LogP contribution in [0.2, 0.25) is 0 Å². The van der Waals surface area contributed by atoms with Crippen LogP contribution in [0.1, 0.15) is 50.5 Å². The van der Waals surface area contributed by atoms with E-state index >= 15 is 0 Å². The number of aryl methyl sites for hydroxylation is 1. The zero-order chi connectivity index (χ0) is 13.0. The third kappa shape index (κ3) is 3.82. The zero-order valence-electron chi connectivity index (χ0n) is 11.4. The molecular formula is C14H24N2O2. The van der Waals surface area contributed by atoms with Crippen molar-refractivity contribution in [3.05, 3.63) is 17.5 Å². The Kier molecular flexibility index (Phi) is 4.78. The lowest BCUT2D eigenvalue weighted by Gasteiger charge is -2.34. The summed E-state index contributed by atoms with van der Waals surface area (Å²) in [6.45, 7) is 5.27. The molecule has 18 heavy (non-hydrogen) atoms. The van der Waals surface area contributed by atoms with Crippen molar-refractivity contribution >= 4 is 0 Å². The van der Waals surface area contributed by atoms with Gasteiger partial charge in [-0.2, -0.15) is 0 Å². The van der Waals surface area contributed by atoms with Gasteiger partial charge >= 0.3 is 0 Å². The third-order valence-electron chi connectivity index (χ3n) is 3.63. The lowest BCUT2D eigenvalue weighted by molar-refractivity contribution is 0.0752. The van der Waals surface area contributed by atoms with E-state index in [1.165, 1.54) is 32.1 Å². The van der Waals surface area contributed by atoms with Gasteiger partial charge in [0.05, 0.1) is 11.8 Å². The minimum absolute atomic E-state index is 0.292. The molecule has 0 aromatic carbocycles. The molecule has 0 spiro atoms. The minimum atomic E-state index is -0.292. The number of nitrogens with zero attached hydrogens (tertiary/aromatic N) is 2. The molecule has 1 fully saturated rings. The first-order chi connectivity index (χ1) is 8.65. The van der Waals surface area contributed by atoms with E-state index in [0.717, 1.165) is 24.5 Å². The Balaban J connectivity index is 1.99. The minimum Gasteiger partial charge on any atom is -0.392 e. The average molecular weight is 252 g/mol. The Morgan fingerprint density at radius 1 is 1.44 bits per heavy atom. The quantitative estimate of drug-likeness (QED) is 0.874. The number of rotatable bonds is 5. The molecule has 0 bridgehead atoms. The molecular weight excluding hydrogens is 228 g/mol. The molecule has 4 nitrogen and oxygen atoms in total. The second kappa shape index (κ2) is 6.34. The Labute approximate surface area is 109 Å². The summed E-state index contributed by atoms with van der Waals surface area (Å²) in [6.07, 6.45) is 6.15. The third-order valence-corrected chi connectivity index (χ3v) is 3.63. The van der Waals surface area contributed by atoms with E-state index in [4.69, 9.17) is 4.52 Å². The van der Waals surface area contributed by atoms with Gasteiger partial charge in [-0.15, -0.1) is 0 Å². The first kappa shape index (κ1) is 13.6. The van der Waals surface area contributed by atoms with Crippen LogP contribution in [0.25, 0.3) is 0 Å². The van der Waals surface area contributed by atoms with E-state index in [0.29, 0.717) is 6.04 Å². The Hall–Kier alpha value is -0.870. The highest BCUT2D eigenvalue weighted by Crippen LogP contribution is 2.24. The van der Waals surface area contributed by atoms with Gasteiger partial charge in [-0.3, -0.25) is 4.90 Å². The van der Waals surface area contributed by atoms with E-state index in [1.807, 2.05) is 19.9 Å². The molecule has 1 atom stereocenters. The fraction of sp³-hybridized carbons (Fsp3) is 0.786. The SMILES string of the molecule is Cc1cc(CN(CC(C)O)C2CCCCC2)no1. The molecule has 102 valence electrons. The molecule has 1 aromatic rings. The van der Waals surface area contributed by atoms with Gasteiger partial charge in [0, 0.05) is 25.2 Å². The van der Waals surface area contributed by atoms with E-state index in [2.05, 4.69) is 10.1 Å². The molecule has 1 aliphatic rings.